The number of rotatable bonds is 2. The van der Waals surface area contributed by atoms with Crippen LogP contribution in [0.3, 0.4) is 0 Å². The van der Waals surface area contributed by atoms with Gasteiger partial charge in [0, 0.05) is 12.5 Å². The Balaban J connectivity index is 1.66. The van der Waals surface area contributed by atoms with Crippen molar-refractivity contribution < 1.29 is 23.1 Å². The van der Waals surface area contributed by atoms with E-state index in [1.165, 1.54) is 4.90 Å². The molecule has 0 aromatic rings. The van der Waals surface area contributed by atoms with E-state index in [4.69, 9.17) is 4.74 Å². The lowest BCUT2D eigenvalue weighted by Gasteiger charge is -2.34. The Morgan fingerprint density at radius 1 is 1.21 bits per heavy atom. The van der Waals surface area contributed by atoms with Gasteiger partial charge in [-0.25, -0.2) is 13.6 Å². The third-order valence-corrected chi connectivity index (χ3v) is 5.09. The summed E-state index contributed by atoms with van der Waals surface area (Å²) in [6.45, 7) is 5.30. The molecule has 1 unspecified atom stereocenters. The first kappa shape index (κ1) is 17.4. The summed E-state index contributed by atoms with van der Waals surface area (Å²) in [6.07, 6.45) is 2.14. The van der Waals surface area contributed by atoms with Gasteiger partial charge in [0.2, 0.25) is 5.91 Å². The normalized spacial score (nSPS) is 34.5. The van der Waals surface area contributed by atoms with E-state index in [1.54, 1.807) is 20.8 Å². The van der Waals surface area contributed by atoms with E-state index in [2.05, 4.69) is 5.32 Å². The maximum atomic E-state index is 14.0. The number of hydrogen-bond donors (Lipinski definition) is 1. The fraction of sp³-hybridized carbons (Fsp3) is 0.882. The van der Waals surface area contributed by atoms with E-state index in [-0.39, 0.29) is 18.9 Å². The summed E-state index contributed by atoms with van der Waals surface area (Å²) < 4.78 is 33.3. The van der Waals surface area contributed by atoms with Gasteiger partial charge in [-0.2, -0.15) is 0 Å². The molecule has 0 radical (unpaired) electrons. The van der Waals surface area contributed by atoms with Crippen LogP contribution in [-0.4, -0.2) is 46.5 Å². The average molecular weight is 344 g/mol. The average Bonchev–Trinajstić information content (AvgIpc) is 3.09. The molecule has 3 fully saturated rings. The topological polar surface area (TPSA) is 58.6 Å². The summed E-state index contributed by atoms with van der Waals surface area (Å²) in [4.78, 5) is 26.4. The fourth-order valence-corrected chi connectivity index (χ4v) is 3.81. The summed E-state index contributed by atoms with van der Waals surface area (Å²) in [5, 5.41) is 2.50. The molecule has 0 aromatic carbocycles. The van der Waals surface area contributed by atoms with Gasteiger partial charge in [-0.05, 0) is 52.4 Å². The lowest BCUT2D eigenvalue weighted by atomic mass is 9.91. The SMILES string of the molecule is CC(C)(C)OC(=O)N1[C@@H]2C[C@@H]2C[C@H]1C(=O)NC1CCCCC1(F)F. The zero-order valence-electron chi connectivity index (χ0n) is 14.5. The van der Waals surface area contributed by atoms with E-state index in [0.29, 0.717) is 25.2 Å². The summed E-state index contributed by atoms with van der Waals surface area (Å²) in [7, 11) is 0. The van der Waals surface area contributed by atoms with Crippen molar-refractivity contribution in [3.8, 4) is 0 Å². The Hall–Kier alpha value is -1.40. The second-order valence-electron chi connectivity index (χ2n) is 8.27. The van der Waals surface area contributed by atoms with E-state index in [0.717, 1.165) is 6.42 Å². The molecule has 7 heteroatoms. The van der Waals surface area contributed by atoms with Crippen molar-refractivity contribution in [1.82, 2.24) is 10.2 Å². The zero-order valence-corrected chi connectivity index (χ0v) is 14.5. The first-order valence-corrected chi connectivity index (χ1v) is 8.78. The molecular formula is C17H26F2N2O3. The van der Waals surface area contributed by atoms with Gasteiger partial charge in [-0.1, -0.05) is 6.42 Å². The van der Waals surface area contributed by atoms with Gasteiger partial charge < -0.3 is 10.1 Å². The van der Waals surface area contributed by atoms with E-state index >= 15 is 0 Å². The summed E-state index contributed by atoms with van der Waals surface area (Å²) >= 11 is 0. The minimum atomic E-state index is -2.87. The highest BCUT2D eigenvalue weighted by molar-refractivity contribution is 5.87. The lowest BCUT2D eigenvalue weighted by Crippen LogP contribution is -2.56. The van der Waals surface area contributed by atoms with Crippen LogP contribution in [0.1, 0.15) is 59.3 Å². The van der Waals surface area contributed by atoms with Crippen LogP contribution in [0.5, 0.6) is 0 Å². The van der Waals surface area contributed by atoms with E-state index < -0.39 is 35.6 Å². The lowest BCUT2D eigenvalue weighted by molar-refractivity contribution is -0.132. The number of alkyl halides is 2. The minimum absolute atomic E-state index is 0.0162. The van der Waals surface area contributed by atoms with E-state index in [9.17, 15) is 18.4 Å². The molecule has 1 heterocycles. The highest BCUT2D eigenvalue weighted by atomic mass is 19.3. The number of hydrogen-bond acceptors (Lipinski definition) is 3. The summed E-state index contributed by atoms with van der Waals surface area (Å²) in [5.41, 5.74) is -0.651. The first-order chi connectivity index (χ1) is 11.1. The van der Waals surface area contributed by atoms with Gasteiger partial charge >= 0.3 is 6.09 Å². The predicted octanol–water partition coefficient (Wildman–Crippen LogP) is 3.08. The van der Waals surface area contributed by atoms with Crippen LogP contribution in [0.15, 0.2) is 0 Å². The van der Waals surface area contributed by atoms with Crippen molar-refractivity contribution in [2.45, 2.75) is 88.9 Å². The van der Waals surface area contributed by atoms with Gasteiger partial charge in [-0.15, -0.1) is 0 Å². The Morgan fingerprint density at radius 3 is 2.54 bits per heavy atom. The number of likely N-dealkylation sites (tertiary alicyclic amines) is 1. The highest BCUT2D eigenvalue weighted by Crippen LogP contribution is 2.48. The minimum Gasteiger partial charge on any atom is -0.444 e. The smallest absolute Gasteiger partial charge is 0.411 e. The van der Waals surface area contributed by atoms with Gasteiger partial charge in [-0.3, -0.25) is 9.69 Å². The molecule has 0 spiro atoms. The Morgan fingerprint density at radius 2 is 1.92 bits per heavy atom. The standard InChI is InChI=1S/C17H26F2N2O3/c1-16(2,3)24-15(23)21-11-8-10(11)9-12(21)14(22)20-13-6-4-5-7-17(13,18)19/h10-13H,4-9H2,1-3H3,(H,20,22)/t10-,11-,12+,13?/m1/s1. The van der Waals surface area contributed by atoms with Crippen molar-refractivity contribution in [3.63, 3.8) is 0 Å². The Kier molecular flexibility index (Phi) is 4.24. The monoisotopic (exact) mass is 344 g/mol. The number of carbonyl (C=O) groups excluding carboxylic acids is 2. The molecule has 4 atom stereocenters. The fourth-order valence-electron chi connectivity index (χ4n) is 3.81. The zero-order chi connectivity index (χ0) is 17.7. The number of carbonyl (C=O) groups is 2. The highest BCUT2D eigenvalue weighted by Gasteiger charge is 2.57. The van der Waals surface area contributed by atoms with Crippen molar-refractivity contribution >= 4 is 12.0 Å². The van der Waals surface area contributed by atoms with Crippen molar-refractivity contribution in [2.24, 2.45) is 5.92 Å². The van der Waals surface area contributed by atoms with Crippen molar-refractivity contribution in [2.75, 3.05) is 0 Å². The third-order valence-electron chi connectivity index (χ3n) is 5.09. The number of ether oxygens (including phenoxy) is 1. The van der Waals surface area contributed by atoms with Crippen molar-refractivity contribution in [3.05, 3.63) is 0 Å². The molecule has 0 aromatic heterocycles. The maximum Gasteiger partial charge on any atom is 0.411 e. The third kappa shape index (κ3) is 3.49. The van der Waals surface area contributed by atoms with Gasteiger partial charge in [0.1, 0.15) is 11.6 Å². The molecule has 5 nitrogen and oxygen atoms in total. The molecule has 3 aliphatic rings. The number of piperidine rings is 1. The summed E-state index contributed by atoms with van der Waals surface area (Å²) in [6, 6.07) is -1.81. The van der Waals surface area contributed by atoms with Crippen LogP contribution in [0.2, 0.25) is 0 Å². The molecule has 24 heavy (non-hydrogen) atoms. The molecular weight excluding hydrogens is 318 g/mol. The summed E-state index contributed by atoms with van der Waals surface area (Å²) in [5.74, 6) is -3.05. The largest absolute Gasteiger partial charge is 0.444 e. The van der Waals surface area contributed by atoms with E-state index in [1.807, 2.05) is 0 Å². The van der Waals surface area contributed by atoms with Crippen LogP contribution in [-0.2, 0) is 9.53 Å². The van der Waals surface area contributed by atoms with Gasteiger partial charge in [0.05, 0.1) is 6.04 Å². The molecule has 2 saturated carbocycles. The predicted molar refractivity (Wildman–Crippen MR) is 83.7 cm³/mol. The number of fused-ring (bicyclic) bond motifs is 1. The van der Waals surface area contributed by atoms with Gasteiger partial charge in [0.25, 0.3) is 5.92 Å². The number of amides is 2. The second-order valence-corrected chi connectivity index (χ2v) is 8.27. The van der Waals surface area contributed by atoms with Crippen LogP contribution in [0.4, 0.5) is 13.6 Å². The van der Waals surface area contributed by atoms with Crippen LogP contribution >= 0.6 is 0 Å². The molecule has 0 bridgehead atoms. The molecule has 1 saturated heterocycles. The van der Waals surface area contributed by atoms with Crippen molar-refractivity contribution in [1.29, 1.82) is 0 Å². The molecule has 2 amide bonds. The molecule has 2 aliphatic carbocycles. The molecule has 136 valence electrons. The van der Waals surface area contributed by atoms with Crippen LogP contribution in [0.25, 0.3) is 0 Å². The molecule has 3 rings (SSSR count). The maximum absolute atomic E-state index is 14.0. The van der Waals surface area contributed by atoms with Crippen LogP contribution in [0, 0.1) is 5.92 Å². The number of halogens is 2. The van der Waals surface area contributed by atoms with Gasteiger partial charge in [0.15, 0.2) is 0 Å². The molecule has 1 aliphatic heterocycles. The Bertz CT molecular complexity index is 532. The molecule has 1 N–H and O–H groups in total. The number of nitrogens with zero attached hydrogens (tertiary/aromatic N) is 1. The Labute approximate surface area is 141 Å². The van der Waals surface area contributed by atoms with Crippen LogP contribution < -0.4 is 5.32 Å². The second kappa shape index (κ2) is 5.85. The first-order valence-electron chi connectivity index (χ1n) is 8.78. The quantitative estimate of drug-likeness (QED) is 0.837. The number of nitrogens with one attached hydrogen (secondary N) is 1.